The Labute approximate surface area is 124 Å². The molecule has 0 aliphatic rings. The molecule has 0 aliphatic heterocycles. The van der Waals surface area contributed by atoms with E-state index in [4.69, 9.17) is 5.26 Å². The Morgan fingerprint density at radius 1 is 1.10 bits per heavy atom. The molecule has 0 bridgehead atoms. The summed E-state index contributed by atoms with van der Waals surface area (Å²) in [5.41, 5.74) is -0.473. The van der Waals surface area contributed by atoms with Crippen molar-refractivity contribution in [2.24, 2.45) is 0 Å². The summed E-state index contributed by atoms with van der Waals surface area (Å²) >= 11 is 0. The van der Waals surface area contributed by atoms with E-state index in [0.29, 0.717) is 5.69 Å². The van der Waals surface area contributed by atoms with E-state index in [1.165, 1.54) is 12.1 Å². The molecule has 0 radical (unpaired) electrons. The second-order valence-electron chi connectivity index (χ2n) is 5.03. The number of unbranched alkanes of at least 4 members (excludes halogenated alkanes) is 2. The van der Waals surface area contributed by atoms with E-state index in [1.54, 1.807) is 6.07 Å². The smallest absolute Gasteiger partial charge is 0.372 e. The summed E-state index contributed by atoms with van der Waals surface area (Å²) in [5.74, 6) is 0. The molecule has 0 spiro atoms. The van der Waals surface area contributed by atoms with Crippen molar-refractivity contribution in [2.45, 2.75) is 45.7 Å². The zero-order valence-corrected chi connectivity index (χ0v) is 12.5. The van der Waals surface area contributed by atoms with Gasteiger partial charge in [0, 0.05) is 18.8 Å². The summed E-state index contributed by atoms with van der Waals surface area (Å²) in [7, 11) is 0. The Bertz CT molecular complexity index is 481. The number of anilines is 1. The summed E-state index contributed by atoms with van der Waals surface area (Å²) in [6.07, 6.45) is -0.483. The van der Waals surface area contributed by atoms with Crippen molar-refractivity contribution in [1.82, 2.24) is 0 Å². The average molecular weight is 298 g/mol. The Kier molecular flexibility index (Phi) is 6.54. The lowest BCUT2D eigenvalue weighted by Crippen LogP contribution is -2.26. The third-order valence-electron chi connectivity index (χ3n) is 3.36. The molecule has 0 atom stereocenters. The lowest BCUT2D eigenvalue weighted by Gasteiger charge is -2.25. The summed E-state index contributed by atoms with van der Waals surface area (Å²) in [6.45, 7) is 5.75. The first-order valence-electron chi connectivity index (χ1n) is 7.30. The van der Waals surface area contributed by atoms with E-state index in [1.807, 2.05) is 0 Å². The number of alkyl halides is 3. The van der Waals surface area contributed by atoms with Gasteiger partial charge in [0.2, 0.25) is 0 Å². The zero-order chi connectivity index (χ0) is 15.9. The minimum absolute atomic E-state index is 0.307. The lowest BCUT2D eigenvalue weighted by molar-refractivity contribution is -0.137. The molecule has 0 unspecified atom stereocenters. The van der Waals surface area contributed by atoms with Crippen LogP contribution in [0.4, 0.5) is 18.9 Å². The van der Waals surface area contributed by atoms with Gasteiger partial charge in [-0.05, 0) is 31.0 Å². The van der Waals surface area contributed by atoms with Crippen LogP contribution >= 0.6 is 0 Å². The van der Waals surface area contributed by atoms with Gasteiger partial charge in [-0.3, -0.25) is 0 Å². The van der Waals surface area contributed by atoms with Crippen molar-refractivity contribution in [2.75, 3.05) is 18.0 Å². The molecule has 1 rings (SSSR count). The molecule has 0 amide bonds. The molecule has 1 aromatic rings. The number of nitrogens with zero attached hydrogens (tertiary/aromatic N) is 2. The van der Waals surface area contributed by atoms with E-state index in [0.717, 1.165) is 44.8 Å². The van der Waals surface area contributed by atoms with E-state index >= 15 is 0 Å². The molecular formula is C16H21F3N2. The zero-order valence-electron chi connectivity index (χ0n) is 12.5. The van der Waals surface area contributed by atoms with Gasteiger partial charge in [0.15, 0.2) is 0 Å². The Morgan fingerprint density at radius 2 is 1.67 bits per heavy atom. The normalized spacial score (nSPS) is 11.2. The summed E-state index contributed by atoms with van der Waals surface area (Å²) in [5, 5.41) is 8.97. The van der Waals surface area contributed by atoms with Crippen molar-refractivity contribution in [3.05, 3.63) is 29.3 Å². The van der Waals surface area contributed by atoms with Crippen LogP contribution in [0.3, 0.4) is 0 Å². The molecule has 5 heteroatoms. The number of rotatable bonds is 7. The standard InChI is InChI=1S/C16H21F3N2/c1-3-5-9-21(10-6-4-2)14-7-8-15(16(17,18)19)13(11-14)12-20/h7-8,11H,3-6,9-10H2,1-2H3. The van der Waals surface area contributed by atoms with Crippen LogP contribution in [0.15, 0.2) is 18.2 Å². The summed E-state index contributed by atoms with van der Waals surface area (Å²) in [6, 6.07) is 5.50. The van der Waals surface area contributed by atoms with Crippen molar-refractivity contribution < 1.29 is 13.2 Å². The molecule has 0 fully saturated rings. The van der Waals surface area contributed by atoms with Gasteiger partial charge in [0.25, 0.3) is 0 Å². The van der Waals surface area contributed by atoms with Crippen molar-refractivity contribution in [3.8, 4) is 6.07 Å². The van der Waals surface area contributed by atoms with Gasteiger partial charge in [-0.2, -0.15) is 18.4 Å². The first-order valence-corrected chi connectivity index (χ1v) is 7.30. The first kappa shape index (κ1) is 17.4. The van der Waals surface area contributed by atoms with Crippen LogP contribution in [0.5, 0.6) is 0 Å². The largest absolute Gasteiger partial charge is 0.417 e. The maximum Gasteiger partial charge on any atom is 0.417 e. The van der Waals surface area contributed by atoms with Crippen LogP contribution in [0.1, 0.15) is 50.7 Å². The lowest BCUT2D eigenvalue weighted by atomic mass is 10.1. The average Bonchev–Trinajstić information content (AvgIpc) is 2.45. The van der Waals surface area contributed by atoms with Crippen molar-refractivity contribution in [3.63, 3.8) is 0 Å². The fraction of sp³-hybridized carbons (Fsp3) is 0.562. The Morgan fingerprint density at radius 3 is 2.10 bits per heavy atom. The highest BCUT2D eigenvalue weighted by Crippen LogP contribution is 2.33. The first-order chi connectivity index (χ1) is 9.93. The van der Waals surface area contributed by atoms with Crippen LogP contribution < -0.4 is 4.90 Å². The molecule has 0 heterocycles. The molecule has 2 nitrogen and oxygen atoms in total. The maximum atomic E-state index is 12.8. The molecule has 0 aromatic heterocycles. The quantitative estimate of drug-likeness (QED) is 0.709. The molecule has 0 N–H and O–H groups in total. The Hall–Kier alpha value is -1.70. The molecule has 21 heavy (non-hydrogen) atoms. The van der Waals surface area contributed by atoms with Gasteiger partial charge in [-0.15, -0.1) is 0 Å². The van der Waals surface area contributed by atoms with Gasteiger partial charge < -0.3 is 4.90 Å². The van der Waals surface area contributed by atoms with Crippen molar-refractivity contribution >= 4 is 5.69 Å². The predicted octanol–water partition coefficient (Wildman–Crippen LogP) is 4.98. The van der Waals surface area contributed by atoms with Gasteiger partial charge in [-0.25, -0.2) is 0 Å². The topological polar surface area (TPSA) is 27.0 Å². The van der Waals surface area contributed by atoms with Gasteiger partial charge >= 0.3 is 6.18 Å². The SMILES string of the molecule is CCCCN(CCCC)c1ccc(C(F)(F)F)c(C#N)c1. The summed E-state index contributed by atoms with van der Waals surface area (Å²) < 4.78 is 38.4. The van der Waals surface area contributed by atoms with Gasteiger partial charge in [0.05, 0.1) is 17.2 Å². The minimum Gasteiger partial charge on any atom is -0.372 e. The van der Waals surface area contributed by atoms with Crippen LogP contribution in [-0.4, -0.2) is 13.1 Å². The van der Waals surface area contributed by atoms with E-state index in [9.17, 15) is 13.2 Å². The third-order valence-corrected chi connectivity index (χ3v) is 3.36. The third kappa shape index (κ3) is 4.96. The Balaban J connectivity index is 3.06. The summed E-state index contributed by atoms with van der Waals surface area (Å²) in [4.78, 5) is 2.06. The predicted molar refractivity (Wildman–Crippen MR) is 78.2 cm³/mol. The van der Waals surface area contributed by atoms with E-state index in [-0.39, 0.29) is 5.56 Å². The minimum atomic E-state index is -4.48. The van der Waals surface area contributed by atoms with Crippen LogP contribution in [0, 0.1) is 11.3 Å². The fourth-order valence-corrected chi connectivity index (χ4v) is 2.14. The van der Waals surface area contributed by atoms with E-state index in [2.05, 4.69) is 18.7 Å². The highest BCUT2D eigenvalue weighted by Gasteiger charge is 2.33. The van der Waals surface area contributed by atoms with Crippen molar-refractivity contribution in [1.29, 1.82) is 5.26 Å². The molecule has 116 valence electrons. The van der Waals surface area contributed by atoms with Crippen LogP contribution in [-0.2, 0) is 6.18 Å². The molecular weight excluding hydrogens is 277 g/mol. The van der Waals surface area contributed by atoms with Gasteiger partial charge in [-0.1, -0.05) is 26.7 Å². The molecule has 0 aliphatic carbocycles. The van der Waals surface area contributed by atoms with Gasteiger partial charge in [0.1, 0.15) is 0 Å². The van der Waals surface area contributed by atoms with Crippen LogP contribution in [0.2, 0.25) is 0 Å². The molecule has 1 aromatic carbocycles. The molecule has 0 saturated heterocycles. The number of hydrogen-bond donors (Lipinski definition) is 0. The second-order valence-corrected chi connectivity index (χ2v) is 5.03. The number of benzene rings is 1. The number of nitriles is 1. The maximum absolute atomic E-state index is 12.8. The van der Waals surface area contributed by atoms with Crippen LogP contribution in [0.25, 0.3) is 0 Å². The highest BCUT2D eigenvalue weighted by atomic mass is 19.4. The fourth-order valence-electron chi connectivity index (χ4n) is 2.14. The monoisotopic (exact) mass is 298 g/mol. The molecule has 0 saturated carbocycles. The number of hydrogen-bond acceptors (Lipinski definition) is 2. The van der Waals surface area contributed by atoms with E-state index < -0.39 is 11.7 Å². The second kappa shape index (κ2) is 7.92. The number of halogens is 3. The highest BCUT2D eigenvalue weighted by molar-refractivity contribution is 5.55.